The van der Waals surface area contributed by atoms with E-state index in [1.54, 1.807) is 0 Å². The lowest BCUT2D eigenvalue weighted by Gasteiger charge is -2.27. The maximum atomic E-state index is 12.9. The van der Waals surface area contributed by atoms with Crippen molar-refractivity contribution in [2.45, 2.75) is 6.42 Å². The number of benzene rings is 1. The van der Waals surface area contributed by atoms with Crippen molar-refractivity contribution in [1.29, 1.82) is 0 Å². The van der Waals surface area contributed by atoms with E-state index in [2.05, 4.69) is 5.32 Å². The number of rotatable bonds is 1. The minimum absolute atomic E-state index is 0.254. The summed E-state index contributed by atoms with van der Waals surface area (Å²) >= 11 is 0. The topological polar surface area (TPSA) is 32.3 Å². The monoisotopic (exact) mass is 212 g/mol. The number of nitrogens with zero attached hydrogens (tertiary/aromatic N) is 1. The van der Waals surface area contributed by atoms with E-state index in [0.717, 1.165) is 24.6 Å². The third-order valence-electron chi connectivity index (χ3n) is 2.24. The SMILES string of the molecule is O=C1NCCCN1c1cc(F)cc(F)c1. The molecule has 5 heteroatoms. The Labute approximate surface area is 85.7 Å². The number of halogens is 2. The molecule has 0 aliphatic carbocycles. The van der Waals surface area contributed by atoms with Gasteiger partial charge in [-0.1, -0.05) is 0 Å². The molecule has 2 rings (SSSR count). The zero-order valence-electron chi connectivity index (χ0n) is 7.96. The molecule has 0 radical (unpaired) electrons. The zero-order chi connectivity index (χ0) is 10.8. The predicted molar refractivity (Wildman–Crippen MR) is 51.7 cm³/mol. The first-order valence-corrected chi connectivity index (χ1v) is 4.68. The number of anilines is 1. The molecule has 2 amide bonds. The number of carbonyl (C=O) groups is 1. The van der Waals surface area contributed by atoms with Gasteiger partial charge in [0.05, 0.1) is 5.69 Å². The molecule has 1 aromatic rings. The Kier molecular flexibility index (Phi) is 2.53. The molecule has 0 spiro atoms. The molecule has 1 heterocycles. The standard InChI is InChI=1S/C10H10F2N2O/c11-7-4-8(12)6-9(5-7)14-3-1-2-13-10(14)15/h4-6H,1-3H2,(H,13,15). The van der Waals surface area contributed by atoms with Crippen molar-refractivity contribution in [3.05, 3.63) is 29.8 Å². The number of hydrogen-bond donors (Lipinski definition) is 1. The van der Waals surface area contributed by atoms with Crippen LogP contribution in [0.5, 0.6) is 0 Å². The van der Waals surface area contributed by atoms with Crippen LogP contribution >= 0.6 is 0 Å². The second kappa shape index (κ2) is 3.84. The summed E-state index contributed by atoms with van der Waals surface area (Å²) in [6.45, 7) is 1.09. The van der Waals surface area contributed by atoms with E-state index in [1.165, 1.54) is 4.90 Å². The minimum Gasteiger partial charge on any atom is -0.338 e. The Morgan fingerprint density at radius 1 is 1.20 bits per heavy atom. The molecule has 0 aromatic heterocycles. The van der Waals surface area contributed by atoms with E-state index in [9.17, 15) is 13.6 Å². The van der Waals surface area contributed by atoms with Gasteiger partial charge < -0.3 is 5.32 Å². The summed E-state index contributed by atoms with van der Waals surface area (Å²) in [6.07, 6.45) is 0.768. The summed E-state index contributed by atoms with van der Waals surface area (Å²) in [7, 11) is 0. The fraction of sp³-hybridized carbons (Fsp3) is 0.300. The molecule has 80 valence electrons. The van der Waals surface area contributed by atoms with E-state index < -0.39 is 11.6 Å². The molecule has 1 N–H and O–H groups in total. The molecule has 1 saturated heterocycles. The van der Waals surface area contributed by atoms with Gasteiger partial charge in [0.15, 0.2) is 0 Å². The van der Waals surface area contributed by atoms with Gasteiger partial charge in [-0.25, -0.2) is 13.6 Å². The summed E-state index contributed by atoms with van der Waals surface area (Å²) in [6, 6.07) is 2.76. The van der Waals surface area contributed by atoms with E-state index in [0.29, 0.717) is 13.1 Å². The van der Waals surface area contributed by atoms with E-state index >= 15 is 0 Å². The maximum absolute atomic E-state index is 12.9. The average Bonchev–Trinajstić information content (AvgIpc) is 2.16. The van der Waals surface area contributed by atoms with Gasteiger partial charge >= 0.3 is 6.03 Å². The van der Waals surface area contributed by atoms with Crippen LogP contribution in [0.3, 0.4) is 0 Å². The van der Waals surface area contributed by atoms with Crippen LogP contribution in [0.4, 0.5) is 19.3 Å². The summed E-state index contributed by atoms with van der Waals surface area (Å²) < 4.78 is 25.8. The van der Waals surface area contributed by atoms with Crippen LogP contribution in [0.15, 0.2) is 18.2 Å². The van der Waals surface area contributed by atoms with Crippen LogP contribution in [0.2, 0.25) is 0 Å². The summed E-state index contributed by atoms with van der Waals surface area (Å²) in [5, 5.41) is 2.61. The summed E-state index contributed by atoms with van der Waals surface area (Å²) in [4.78, 5) is 12.7. The van der Waals surface area contributed by atoms with Gasteiger partial charge in [-0.3, -0.25) is 4.90 Å². The number of nitrogens with one attached hydrogen (secondary N) is 1. The lowest BCUT2D eigenvalue weighted by molar-refractivity contribution is 0.243. The Balaban J connectivity index is 2.31. The van der Waals surface area contributed by atoms with Crippen molar-refractivity contribution in [1.82, 2.24) is 5.32 Å². The second-order valence-electron chi connectivity index (χ2n) is 3.36. The van der Waals surface area contributed by atoms with Gasteiger partial charge in [0.2, 0.25) is 0 Å². The van der Waals surface area contributed by atoms with Crippen LogP contribution < -0.4 is 10.2 Å². The van der Waals surface area contributed by atoms with Crippen molar-refractivity contribution in [2.75, 3.05) is 18.0 Å². The fourth-order valence-electron chi connectivity index (χ4n) is 1.57. The number of hydrogen-bond acceptors (Lipinski definition) is 1. The number of amides is 2. The Hall–Kier alpha value is -1.65. The molecular weight excluding hydrogens is 202 g/mol. The van der Waals surface area contributed by atoms with E-state index in [-0.39, 0.29) is 11.7 Å². The molecule has 15 heavy (non-hydrogen) atoms. The highest BCUT2D eigenvalue weighted by atomic mass is 19.1. The van der Waals surface area contributed by atoms with Gasteiger partial charge in [-0.2, -0.15) is 0 Å². The lowest BCUT2D eigenvalue weighted by atomic mass is 10.2. The van der Waals surface area contributed by atoms with Crippen molar-refractivity contribution in [2.24, 2.45) is 0 Å². The largest absolute Gasteiger partial charge is 0.338 e. The van der Waals surface area contributed by atoms with Crippen molar-refractivity contribution >= 4 is 11.7 Å². The Morgan fingerprint density at radius 2 is 1.87 bits per heavy atom. The van der Waals surface area contributed by atoms with Crippen LogP contribution in [-0.2, 0) is 0 Å². The molecule has 1 fully saturated rings. The fourth-order valence-corrected chi connectivity index (χ4v) is 1.57. The third kappa shape index (κ3) is 2.06. The van der Waals surface area contributed by atoms with Gasteiger partial charge in [0.1, 0.15) is 11.6 Å². The molecule has 0 atom stereocenters. The van der Waals surface area contributed by atoms with Gasteiger partial charge in [-0.15, -0.1) is 0 Å². The minimum atomic E-state index is -0.677. The maximum Gasteiger partial charge on any atom is 0.321 e. The average molecular weight is 212 g/mol. The molecule has 1 aliphatic rings. The normalized spacial score (nSPS) is 16.4. The van der Waals surface area contributed by atoms with Crippen molar-refractivity contribution < 1.29 is 13.6 Å². The molecule has 1 aliphatic heterocycles. The van der Waals surface area contributed by atoms with Crippen molar-refractivity contribution in [3.8, 4) is 0 Å². The molecule has 0 saturated carbocycles. The van der Waals surface area contributed by atoms with Crippen LogP contribution in [0.1, 0.15) is 6.42 Å². The summed E-state index contributed by atoms with van der Waals surface area (Å²) in [5.74, 6) is -1.35. The second-order valence-corrected chi connectivity index (χ2v) is 3.36. The van der Waals surface area contributed by atoms with Gasteiger partial charge in [-0.05, 0) is 18.6 Å². The third-order valence-corrected chi connectivity index (χ3v) is 2.24. The predicted octanol–water partition coefficient (Wildman–Crippen LogP) is 1.88. The first-order valence-electron chi connectivity index (χ1n) is 4.68. The number of urea groups is 1. The summed E-state index contributed by atoms with van der Waals surface area (Å²) in [5.41, 5.74) is 0.254. The molecule has 0 unspecified atom stereocenters. The molecular formula is C10H10F2N2O. The van der Waals surface area contributed by atoms with Crippen LogP contribution in [0, 0.1) is 11.6 Å². The highest BCUT2D eigenvalue weighted by Crippen LogP contribution is 2.19. The molecule has 0 bridgehead atoms. The first kappa shape index (κ1) is 9.89. The first-order chi connectivity index (χ1) is 7.16. The molecule has 1 aromatic carbocycles. The zero-order valence-corrected chi connectivity index (χ0v) is 7.96. The number of carbonyl (C=O) groups excluding carboxylic acids is 1. The van der Waals surface area contributed by atoms with Crippen molar-refractivity contribution in [3.63, 3.8) is 0 Å². The Bertz CT molecular complexity index is 375. The van der Waals surface area contributed by atoms with Gasteiger partial charge in [0, 0.05) is 19.2 Å². The Morgan fingerprint density at radius 3 is 2.47 bits per heavy atom. The van der Waals surface area contributed by atoms with Crippen LogP contribution in [0.25, 0.3) is 0 Å². The lowest BCUT2D eigenvalue weighted by Crippen LogP contribution is -2.46. The highest BCUT2D eigenvalue weighted by molar-refractivity contribution is 5.92. The highest BCUT2D eigenvalue weighted by Gasteiger charge is 2.19. The van der Waals surface area contributed by atoms with E-state index in [4.69, 9.17) is 0 Å². The van der Waals surface area contributed by atoms with E-state index in [1.807, 2.05) is 0 Å². The molecule has 3 nitrogen and oxygen atoms in total. The smallest absolute Gasteiger partial charge is 0.321 e. The van der Waals surface area contributed by atoms with Gasteiger partial charge in [0.25, 0.3) is 0 Å². The van der Waals surface area contributed by atoms with Crippen LogP contribution in [-0.4, -0.2) is 19.1 Å². The quantitative estimate of drug-likeness (QED) is 0.757.